The predicted octanol–water partition coefficient (Wildman–Crippen LogP) is 3.43. The van der Waals surface area contributed by atoms with E-state index >= 15 is 0 Å². The number of aryl methyl sites for hydroxylation is 1. The second-order valence-electron chi connectivity index (χ2n) is 9.10. The van der Waals surface area contributed by atoms with Gasteiger partial charge in [-0.3, -0.25) is 9.78 Å². The molecule has 0 unspecified atom stereocenters. The van der Waals surface area contributed by atoms with Crippen LogP contribution in [0, 0.1) is 19.8 Å². The summed E-state index contributed by atoms with van der Waals surface area (Å²) in [5.41, 5.74) is 2.63. The number of aliphatic hydroxyl groups is 1. The van der Waals surface area contributed by atoms with Crippen LogP contribution in [0.2, 0.25) is 0 Å². The van der Waals surface area contributed by atoms with Gasteiger partial charge in [-0.15, -0.1) is 0 Å². The Morgan fingerprint density at radius 2 is 1.94 bits per heavy atom. The smallest absolute Gasteiger partial charge is 0.259 e. The fourth-order valence-electron chi connectivity index (χ4n) is 4.60. The first-order chi connectivity index (χ1) is 15.8. The number of nitrogens with zero attached hydrogens (tertiary/aromatic N) is 2. The van der Waals surface area contributed by atoms with Gasteiger partial charge in [-0.1, -0.05) is 44.2 Å². The molecule has 1 N–H and O–H groups in total. The molecule has 1 aliphatic heterocycles. The topological polar surface area (TPSA) is 81.1 Å². The Kier molecular flexibility index (Phi) is 8.46. The number of hydrogen-bond acceptors (Lipinski definition) is 6. The fraction of sp³-hybridized carbons (Fsp3) is 0.538. The highest BCUT2D eigenvalue weighted by molar-refractivity contribution is 5.93. The average Bonchev–Trinajstić information content (AvgIpc) is 2.80. The van der Waals surface area contributed by atoms with Gasteiger partial charge >= 0.3 is 0 Å². The number of hydrogen-bond donors (Lipinski definition) is 1. The zero-order valence-corrected chi connectivity index (χ0v) is 20.3. The molecular formula is C26H36N2O5. The standard InChI is InChI=1S/C26H36N2O5/c1-18(2)13-23-26(33-17-29,25(30)28(23)16-31-5)14-22-20(4)24(19(3)15-27-22)32-12-11-21-9-7-6-8-10-21/h6-10,15,18,23,29H,11-14,16-17H2,1-5H3/t23-,26+/m0/s1. The largest absolute Gasteiger partial charge is 0.493 e. The van der Waals surface area contributed by atoms with Crippen LogP contribution < -0.4 is 4.74 Å². The molecule has 180 valence electrons. The number of benzene rings is 1. The molecule has 0 spiro atoms. The molecule has 1 fully saturated rings. The monoisotopic (exact) mass is 456 g/mol. The van der Waals surface area contributed by atoms with Crippen LogP contribution in [0.25, 0.3) is 0 Å². The van der Waals surface area contributed by atoms with Crippen molar-refractivity contribution in [3.8, 4) is 5.75 Å². The Morgan fingerprint density at radius 1 is 1.21 bits per heavy atom. The van der Waals surface area contributed by atoms with Gasteiger partial charge in [-0.05, 0) is 31.7 Å². The number of methoxy groups -OCH3 is 1. The Bertz CT molecular complexity index is 934. The molecule has 2 aromatic rings. The molecule has 1 amide bonds. The van der Waals surface area contributed by atoms with Gasteiger partial charge in [-0.25, -0.2) is 0 Å². The van der Waals surface area contributed by atoms with E-state index in [2.05, 4.69) is 31.0 Å². The van der Waals surface area contributed by atoms with Crippen molar-refractivity contribution >= 4 is 5.91 Å². The number of amides is 1. The van der Waals surface area contributed by atoms with Crippen molar-refractivity contribution in [2.75, 3.05) is 27.2 Å². The van der Waals surface area contributed by atoms with Crippen LogP contribution in [0.4, 0.5) is 0 Å². The summed E-state index contributed by atoms with van der Waals surface area (Å²) in [6, 6.07) is 10.0. The minimum atomic E-state index is -1.16. The summed E-state index contributed by atoms with van der Waals surface area (Å²) in [6.45, 7) is 8.35. The Hall–Kier alpha value is -2.48. The molecule has 0 bridgehead atoms. The van der Waals surface area contributed by atoms with Crippen LogP contribution in [0.5, 0.6) is 5.75 Å². The Labute approximate surface area is 196 Å². The van der Waals surface area contributed by atoms with Gasteiger partial charge in [0.2, 0.25) is 0 Å². The van der Waals surface area contributed by atoms with Crippen LogP contribution >= 0.6 is 0 Å². The summed E-state index contributed by atoms with van der Waals surface area (Å²) in [6.07, 6.45) is 3.59. The van der Waals surface area contributed by atoms with Crippen LogP contribution in [-0.4, -0.2) is 59.8 Å². The normalized spacial score (nSPS) is 20.3. The molecule has 33 heavy (non-hydrogen) atoms. The van der Waals surface area contributed by atoms with Gasteiger partial charge in [0.15, 0.2) is 5.60 Å². The lowest BCUT2D eigenvalue weighted by atomic mass is 9.74. The van der Waals surface area contributed by atoms with E-state index in [0.29, 0.717) is 12.5 Å². The molecule has 0 radical (unpaired) electrons. The van der Waals surface area contributed by atoms with Gasteiger partial charge < -0.3 is 24.2 Å². The number of likely N-dealkylation sites (tertiary alicyclic amines) is 1. The maximum Gasteiger partial charge on any atom is 0.259 e. The molecule has 0 saturated carbocycles. The number of carbonyl (C=O) groups excluding carboxylic acids is 1. The molecule has 1 aliphatic rings. The highest BCUT2D eigenvalue weighted by atomic mass is 16.6. The van der Waals surface area contributed by atoms with Crippen molar-refractivity contribution in [2.45, 2.75) is 58.6 Å². The van der Waals surface area contributed by atoms with Gasteiger partial charge in [0.05, 0.1) is 18.3 Å². The van der Waals surface area contributed by atoms with E-state index in [-0.39, 0.29) is 25.1 Å². The van der Waals surface area contributed by atoms with Gasteiger partial charge in [0.1, 0.15) is 19.3 Å². The first-order valence-corrected chi connectivity index (χ1v) is 11.5. The Balaban J connectivity index is 1.83. The van der Waals surface area contributed by atoms with Crippen molar-refractivity contribution in [1.29, 1.82) is 0 Å². The van der Waals surface area contributed by atoms with Crippen LogP contribution in [-0.2, 0) is 27.1 Å². The first kappa shape index (κ1) is 25.1. The van der Waals surface area contributed by atoms with Crippen molar-refractivity contribution in [3.63, 3.8) is 0 Å². The predicted molar refractivity (Wildman–Crippen MR) is 126 cm³/mol. The summed E-state index contributed by atoms with van der Waals surface area (Å²) >= 11 is 0. The molecule has 3 rings (SSSR count). The fourth-order valence-corrected chi connectivity index (χ4v) is 4.60. The summed E-state index contributed by atoms with van der Waals surface area (Å²) in [5.74, 6) is 0.946. The summed E-state index contributed by atoms with van der Waals surface area (Å²) in [5, 5.41) is 9.65. The molecule has 1 aromatic carbocycles. The second kappa shape index (κ2) is 11.1. The van der Waals surface area contributed by atoms with Crippen molar-refractivity contribution in [1.82, 2.24) is 9.88 Å². The highest BCUT2D eigenvalue weighted by Crippen LogP contribution is 2.41. The van der Waals surface area contributed by atoms with E-state index in [1.165, 1.54) is 5.56 Å². The zero-order chi connectivity index (χ0) is 24.0. The van der Waals surface area contributed by atoms with E-state index in [1.54, 1.807) is 18.2 Å². The minimum Gasteiger partial charge on any atom is -0.493 e. The molecule has 2 atom stereocenters. The van der Waals surface area contributed by atoms with E-state index in [0.717, 1.165) is 35.4 Å². The third-order valence-corrected chi connectivity index (χ3v) is 6.28. The first-order valence-electron chi connectivity index (χ1n) is 11.5. The SMILES string of the molecule is COCN1C(=O)[C@](Cc2ncc(C)c(OCCc3ccccc3)c2C)(OCO)[C@@H]1CC(C)C. The van der Waals surface area contributed by atoms with E-state index in [4.69, 9.17) is 14.2 Å². The van der Waals surface area contributed by atoms with E-state index < -0.39 is 12.4 Å². The molecule has 1 saturated heterocycles. The van der Waals surface area contributed by atoms with Gasteiger partial charge in [0.25, 0.3) is 5.91 Å². The molecule has 7 nitrogen and oxygen atoms in total. The van der Waals surface area contributed by atoms with Crippen molar-refractivity contribution < 1.29 is 24.1 Å². The number of aromatic nitrogens is 1. The quantitative estimate of drug-likeness (QED) is 0.389. The summed E-state index contributed by atoms with van der Waals surface area (Å²) in [4.78, 5) is 19.5. The molecule has 0 aliphatic carbocycles. The number of pyridine rings is 1. The third-order valence-electron chi connectivity index (χ3n) is 6.28. The lowest BCUT2D eigenvalue weighted by molar-refractivity contribution is -0.232. The van der Waals surface area contributed by atoms with Crippen LogP contribution in [0.1, 0.15) is 42.7 Å². The number of β-lactam (4-membered cyclic amide) rings is 1. The van der Waals surface area contributed by atoms with E-state index in [1.807, 2.05) is 32.0 Å². The van der Waals surface area contributed by atoms with Gasteiger partial charge in [0, 0.05) is 37.3 Å². The lowest BCUT2D eigenvalue weighted by Crippen LogP contribution is -2.76. The van der Waals surface area contributed by atoms with Crippen molar-refractivity contribution in [2.24, 2.45) is 5.92 Å². The highest BCUT2D eigenvalue weighted by Gasteiger charge is 2.62. The van der Waals surface area contributed by atoms with Gasteiger partial charge in [-0.2, -0.15) is 0 Å². The average molecular weight is 457 g/mol. The number of rotatable bonds is 12. The zero-order valence-electron chi connectivity index (χ0n) is 20.3. The van der Waals surface area contributed by atoms with Crippen LogP contribution in [0.15, 0.2) is 36.5 Å². The van der Waals surface area contributed by atoms with Crippen LogP contribution in [0.3, 0.4) is 0 Å². The van der Waals surface area contributed by atoms with E-state index in [9.17, 15) is 9.90 Å². The number of carbonyl (C=O) groups is 1. The molecule has 2 heterocycles. The summed E-state index contributed by atoms with van der Waals surface area (Å²) < 4.78 is 17.2. The molecule has 1 aromatic heterocycles. The maximum absolute atomic E-state index is 13.2. The molecule has 7 heteroatoms. The maximum atomic E-state index is 13.2. The number of aliphatic hydroxyl groups excluding tert-OH is 1. The lowest BCUT2D eigenvalue weighted by Gasteiger charge is -2.55. The molecular weight excluding hydrogens is 420 g/mol. The summed E-state index contributed by atoms with van der Waals surface area (Å²) in [7, 11) is 1.57. The Morgan fingerprint density at radius 3 is 2.58 bits per heavy atom. The van der Waals surface area contributed by atoms with Crippen molar-refractivity contribution in [3.05, 3.63) is 58.9 Å². The minimum absolute atomic E-state index is 0.183. The third kappa shape index (κ3) is 5.37. The number of ether oxygens (including phenoxy) is 3. The second-order valence-corrected chi connectivity index (χ2v) is 9.10.